The van der Waals surface area contributed by atoms with Crippen LogP contribution in [0.25, 0.3) is 16.6 Å². The van der Waals surface area contributed by atoms with E-state index in [1.54, 1.807) is 11.0 Å². The quantitative estimate of drug-likeness (QED) is 0.846. The molecule has 0 fully saturated rings. The van der Waals surface area contributed by atoms with Gasteiger partial charge in [0.1, 0.15) is 22.8 Å². The second-order valence-electron chi connectivity index (χ2n) is 7.10. The van der Waals surface area contributed by atoms with Crippen LogP contribution < -0.4 is 0 Å². The van der Waals surface area contributed by atoms with Crippen LogP contribution in [0, 0.1) is 11.3 Å². The number of hydrogen-bond acceptors (Lipinski definition) is 6. The number of aromatic nitrogens is 2. The van der Waals surface area contributed by atoms with Crippen molar-refractivity contribution in [3.05, 3.63) is 35.7 Å². The van der Waals surface area contributed by atoms with Gasteiger partial charge in [-0.15, -0.1) is 0 Å². The summed E-state index contributed by atoms with van der Waals surface area (Å²) in [4.78, 5) is 22.4. The van der Waals surface area contributed by atoms with Crippen molar-refractivity contribution in [1.29, 1.82) is 5.26 Å². The lowest BCUT2D eigenvalue weighted by molar-refractivity contribution is 0.0270. The Balaban J connectivity index is 1.83. The van der Waals surface area contributed by atoms with Crippen LogP contribution in [-0.2, 0) is 4.74 Å². The molecule has 0 radical (unpaired) electrons. The number of hydrogen-bond donors (Lipinski definition) is 1. The molecule has 0 atom stereocenters. The molecule has 1 amide bonds. The number of aromatic hydroxyl groups is 1. The van der Waals surface area contributed by atoms with Gasteiger partial charge in [-0.1, -0.05) is 6.08 Å². The summed E-state index contributed by atoms with van der Waals surface area (Å²) in [5.41, 5.74) is 2.08. The highest BCUT2D eigenvalue weighted by Gasteiger charge is 2.24. The van der Waals surface area contributed by atoms with Crippen molar-refractivity contribution in [1.82, 2.24) is 14.9 Å². The molecule has 0 bridgehead atoms. The summed E-state index contributed by atoms with van der Waals surface area (Å²) in [6.45, 7) is 6.48. The molecule has 0 saturated carbocycles. The molecule has 26 heavy (non-hydrogen) atoms. The zero-order valence-corrected chi connectivity index (χ0v) is 15.0. The van der Waals surface area contributed by atoms with Gasteiger partial charge < -0.3 is 14.7 Å². The molecule has 3 heterocycles. The molecule has 2 aromatic heterocycles. The summed E-state index contributed by atoms with van der Waals surface area (Å²) in [5.74, 6) is -0.161. The molecule has 0 spiro atoms. The second-order valence-corrected chi connectivity index (χ2v) is 7.10. The summed E-state index contributed by atoms with van der Waals surface area (Å²) in [6, 6.07) is 5.49. The minimum Gasteiger partial charge on any atom is -0.504 e. The minimum atomic E-state index is -0.524. The predicted octanol–water partition coefficient (Wildman–Crippen LogP) is 3.23. The first kappa shape index (κ1) is 17.7. The molecular weight excluding hydrogens is 332 g/mol. The molecule has 3 rings (SSSR count). The maximum atomic E-state index is 12.1. The van der Waals surface area contributed by atoms with Crippen LogP contribution in [0.2, 0.25) is 0 Å². The normalized spacial score (nSPS) is 14.7. The molecule has 134 valence electrons. The predicted molar refractivity (Wildman–Crippen MR) is 96.3 cm³/mol. The number of amides is 1. The van der Waals surface area contributed by atoms with Gasteiger partial charge in [-0.2, -0.15) is 5.26 Å². The molecule has 7 heteroatoms. The number of rotatable bonds is 1. The van der Waals surface area contributed by atoms with E-state index in [2.05, 4.69) is 9.97 Å². The maximum absolute atomic E-state index is 12.1. The van der Waals surface area contributed by atoms with E-state index in [-0.39, 0.29) is 17.4 Å². The van der Waals surface area contributed by atoms with Crippen LogP contribution in [0.3, 0.4) is 0 Å². The van der Waals surface area contributed by atoms with Gasteiger partial charge in [-0.05, 0) is 44.9 Å². The zero-order chi connectivity index (χ0) is 18.9. The number of ether oxygens (including phenoxy) is 1. The Morgan fingerprint density at radius 1 is 1.38 bits per heavy atom. The number of nitrogens with zero attached hydrogens (tertiary/aromatic N) is 4. The topological polar surface area (TPSA) is 99.3 Å². The van der Waals surface area contributed by atoms with Crippen LogP contribution in [0.15, 0.2) is 24.4 Å². The highest BCUT2D eigenvalue weighted by molar-refractivity contribution is 5.84. The second kappa shape index (κ2) is 6.64. The van der Waals surface area contributed by atoms with Crippen molar-refractivity contribution < 1.29 is 14.6 Å². The fraction of sp³-hybridized carbons (Fsp3) is 0.368. The standard InChI is InChI=1S/C19H20N4O3/c1-19(2,3)26-18(25)23-8-6-12(7-9-23)14-4-5-15-16(22-14)17(24)13(10-20)11-21-15/h4-6,11H,7-9H2,1-3H3,(H,21,24). The SMILES string of the molecule is CC(C)(C)OC(=O)N1CC=C(c2ccc3ncc(C#N)c(O)c3n2)CC1. The van der Waals surface area contributed by atoms with Gasteiger partial charge in [0.25, 0.3) is 0 Å². The van der Waals surface area contributed by atoms with Crippen LogP contribution in [0.1, 0.15) is 38.4 Å². The smallest absolute Gasteiger partial charge is 0.410 e. The Morgan fingerprint density at radius 2 is 2.15 bits per heavy atom. The highest BCUT2D eigenvalue weighted by Crippen LogP contribution is 2.28. The molecule has 0 aromatic carbocycles. The monoisotopic (exact) mass is 352 g/mol. The minimum absolute atomic E-state index is 0.0934. The first-order valence-corrected chi connectivity index (χ1v) is 8.34. The lowest BCUT2D eigenvalue weighted by Gasteiger charge is -2.29. The Hall–Kier alpha value is -3.14. The van der Waals surface area contributed by atoms with Crippen LogP contribution in [0.5, 0.6) is 5.75 Å². The van der Waals surface area contributed by atoms with Gasteiger partial charge in [-0.3, -0.25) is 4.98 Å². The van der Waals surface area contributed by atoms with E-state index in [4.69, 9.17) is 10.00 Å². The Morgan fingerprint density at radius 3 is 2.77 bits per heavy atom. The van der Waals surface area contributed by atoms with Crippen molar-refractivity contribution in [3.63, 3.8) is 0 Å². The van der Waals surface area contributed by atoms with Gasteiger partial charge in [0.2, 0.25) is 0 Å². The number of nitriles is 1. The van der Waals surface area contributed by atoms with E-state index in [1.807, 2.05) is 39.0 Å². The summed E-state index contributed by atoms with van der Waals surface area (Å²) in [6.07, 6.45) is 3.56. The fourth-order valence-corrected chi connectivity index (χ4v) is 2.71. The van der Waals surface area contributed by atoms with E-state index in [0.717, 1.165) is 5.57 Å². The van der Waals surface area contributed by atoms with E-state index in [0.29, 0.717) is 36.2 Å². The Labute approximate surface area is 151 Å². The van der Waals surface area contributed by atoms with E-state index in [9.17, 15) is 9.90 Å². The molecule has 2 aromatic rings. The summed E-state index contributed by atoms with van der Waals surface area (Å²) >= 11 is 0. The maximum Gasteiger partial charge on any atom is 0.410 e. The van der Waals surface area contributed by atoms with Crippen LogP contribution in [0.4, 0.5) is 4.79 Å². The van der Waals surface area contributed by atoms with Gasteiger partial charge in [-0.25, -0.2) is 9.78 Å². The third-order valence-corrected chi connectivity index (χ3v) is 4.00. The zero-order valence-electron chi connectivity index (χ0n) is 15.0. The molecule has 0 saturated heterocycles. The molecule has 0 aliphatic carbocycles. The summed E-state index contributed by atoms with van der Waals surface area (Å²) in [7, 11) is 0. The average molecular weight is 352 g/mol. The van der Waals surface area contributed by atoms with Crippen molar-refractivity contribution in [2.75, 3.05) is 13.1 Å². The van der Waals surface area contributed by atoms with Crippen LogP contribution in [-0.4, -0.2) is 44.8 Å². The molecule has 0 unspecified atom stereocenters. The van der Waals surface area contributed by atoms with Crippen molar-refractivity contribution in [2.45, 2.75) is 32.8 Å². The van der Waals surface area contributed by atoms with Crippen molar-refractivity contribution >= 4 is 22.7 Å². The van der Waals surface area contributed by atoms with E-state index in [1.165, 1.54) is 6.20 Å². The highest BCUT2D eigenvalue weighted by atomic mass is 16.6. The molecular formula is C19H20N4O3. The third-order valence-electron chi connectivity index (χ3n) is 4.00. The first-order valence-electron chi connectivity index (χ1n) is 8.34. The van der Waals surface area contributed by atoms with Crippen LogP contribution >= 0.6 is 0 Å². The summed E-state index contributed by atoms with van der Waals surface area (Å²) in [5, 5.41) is 19.2. The van der Waals surface area contributed by atoms with E-state index < -0.39 is 5.60 Å². The van der Waals surface area contributed by atoms with Gasteiger partial charge in [0.15, 0.2) is 5.75 Å². The molecule has 1 aliphatic heterocycles. The third kappa shape index (κ3) is 3.59. The number of carbonyl (C=O) groups is 1. The summed E-state index contributed by atoms with van der Waals surface area (Å²) < 4.78 is 5.39. The van der Waals surface area contributed by atoms with Gasteiger partial charge >= 0.3 is 6.09 Å². The Bertz CT molecular complexity index is 938. The molecule has 1 aliphatic rings. The fourth-order valence-electron chi connectivity index (χ4n) is 2.71. The largest absolute Gasteiger partial charge is 0.504 e. The van der Waals surface area contributed by atoms with Crippen molar-refractivity contribution in [2.24, 2.45) is 0 Å². The Kier molecular flexibility index (Phi) is 4.51. The number of carbonyl (C=O) groups excluding carboxylic acids is 1. The van der Waals surface area contributed by atoms with Crippen molar-refractivity contribution in [3.8, 4) is 11.8 Å². The lowest BCUT2D eigenvalue weighted by Crippen LogP contribution is -2.39. The number of fused-ring (bicyclic) bond motifs is 1. The van der Waals surface area contributed by atoms with E-state index >= 15 is 0 Å². The van der Waals surface area contributed by atoms with Gasteiger partial charge in [0, 0.05) is 19.3 Å². The lowest BCUT2D eigenvalue weighted by atomic mass is 10.0. The molecule has 7 nitrogen and oxygen atoms in total. The molecule has 1 N–H and O–H groups in total. The average Bonchev–Trinajstić information content (AvgIpc) is 2.61. The van der Waals surface area contributed by atoms with Gasteiger partial charge in [0.05, 0.1) is 11.2 Å². The number of pyridine rings is 2. The first-order chi connectivity index (χ1) is 12.3.